The number of hydrogen-bond donors (Lipinski definition) is 1. The van der Waals surface area contributed by atoms with Crippen LogP contribution in [-0.4, -0.2) is 66.1 Å². The van der Waals surface area contributed by atoms with Gasteiger partial charge in [-0.2, -0.15) is 0 Å². The Morgan fingerprint density at radius 1 is 1.23 bits per heavy atom. The average molecular weight is 376 g/mol. The third-order valence-electron chi connectivity index (χ3n) is 5.80. The molecule has 1 aromatic rings. The van der Waals surface area contributed by atoms with Crippen molar-refractivity contribution in [2.45, 2.75) is 37.5 Å². The number of likely N-dealkylation sites (N-methyl/N-ethyl adjacent to an activating group) is 1. The number of nitrogens with zero attached hydrogens (tertiary/aromatic N) is 2. The number of hydrogen-bond acceptors (Lipinski definition) is 4. The van der Waals surface area contributed by atoms with Crippen molar-refractivity contribution < 1.29 is 9.59 Å². The fourth-order valence-corrected chi connectivity index (χ4v) is 4.92. The largest absolute Gasteiger partial charge is 0.354 e. The molecule has 2 fully saturated rings. The van der Waals surface area contributed by atoms with Gasteiger partial charge < -0.3 is 10.2 Å². The lowest BCUT2D eigenvalue weighted by Crippen LogP contribution is -2.61. The van der Waals surface area contributed by atoms with Crippen molar-refractivity contribution in [2.24, 2.45) is 0 Å². The smallest absolute Gasteiger partial charge is 0.240 e. The number of carbonyl (C=O) groups is 2. The Labute approximate surface area is 160 Å². The SMILES string of the molecule is Cc1ccccc1CSCC(=O)N1CCC2(CC1)C(=O)NCCCN2C. The van der Waals surface area contributed by atoms with E-state index in [-0.39, 0.29) is 11.8 Å². The van der Waals surface area contributed by atoms with Crippen LogP contribution >= 0.6 is 11.8 Å². The summed E-state index contributed by atoms with van der Waals surface area (Å²) >= 11 is 1.67. The quantitative estimate of drug-likeness (QED) is 0.875. The molecule has 2 saturated heterocycles. The first-order chi connectivity index (χ1) is 12.5. The molecule has 142 valence electrons. The summed E-state index contributed by atoms with van der Waals surface area (Å²) in [6.45, 7) is 5.13. The number of rotatable bonds is 4. The van der Waals surface area contributed by atoms with Gasteiger partial charge in [-0.3, -0.25) is 14.5 Å². The van der Waals surface area contributed by atoms with Crippen LogP contribution in [0.3, 0.4) is 0 Å². The molecule has 1 spiro atoms. The normalized spacial score (nSPS) is 20.7. The van der Waals surface area contributed by atoms with Gasteiger partial charge in [0, 0.05) is 31.9 Å². The maximum Gasteiger partial charge on any atom is 0.240 e. The standard InChI is InChI=1S/C20H29N3O2S/c1-16-6-3-4-7-17(16)14-26-15-18(24)23-12-8-20(9-13-23)19(25)21-10-5-11-22(20)2/h3-4,6-7H,5,8-15H2,1-2H3,(H,21,25). The molecule has 5 nitrogen and oxygen atoms in total. The van der Waals surface area contributed by atoms with Crippen molar-refractivity contribution in [3.63, 3.8) is 0 Å². The number of aryl methyl sites for hydroxylation is 1. The monoisotopic (exact) mass is 375 g/mol. The van der Waals surface area contributed by atoms with E-state index in [1.807, 2.05) is 24.1 Å². The van der Waals surface area contributed by atoms with Crippen LogP contribution in [0, 0.1) is 6.92 Å². The van der Waals surface area contributed by atoms with Gasteiger partial charge in [-0.15, -0.1) is 11.8 Å². The molecule has 0 bridgehead atoms. The first-order valence-electron chi connectivity index (χ1n) is 9.42. The average Bonchev–Trinajstić information content (AvgIpc) is 2.78. The van der Waals surface area contributed by atoms with E-state index >= 15 is 0 Å². The van der Waals surface area contributed by atoms with Crippen molar-refractivity contribution in [1.29, 1.82) is 0 Å². The van der Waals surface area contributed by atoms with Crippen LogP contribution in [0.1, 0.15) is 30.4 Å². The van der Waals surface area contributed by atoms with E-state index in [4.69, 9.17) is 0 Å². The van der Waals surface area contributed by atoms with Crippen LogP contribution in [-0.2, 0) is 15.3 Å². The zero-order valence-corrected chi connectivity index (χ0v) is 16.6. The highest BCUT2D eigenvalue weighted by Gasteiger charge is 2.45. The minimum absolute atomic E-state index is 0.138. The minimum Gasteiger partial charge on any atom is -0.354 e. The van der Waals surface area contributed by atoms with E-state index in [0.29, 0.717) is 18.8 Å². The Hall–Kier alpha value is -1.53. The maximum absolute atomic E-state index is 12.6. The number of nitrogens with one attached hydrogen (secondary N) is 1. The van der Waals surface area contributed by atoms with Crippen molar-refractivity contribution in [3.05, 3.63) is 35.4 Å². The van der Waals surface area contributed by atoms with Gasteiger partial charge in [-0.1, -0.05) is 24.3 Å². The highest BCUT2D eigenvalue weighted by Crippen LogP contribution is 2.30. The number of carbonyl (C=O) groups excluding carboxylic acids is 2. The van der Waals surface area contributed by atoms with Gasteiger partial charge in [-0.25, -0.2) is 0 Å². The molecule has 0 saturated carbocycles. The zero-order valence-electron chi connectivity index (χ0n) is 15.8. The Bertz CT molecular complexity index is 656. The first-order valence-corrected chi connectivity index (χ1v) is 10.6. The third kappa shape index (κ3) is 4.07. The van der Waals surface area contributed by atoms with Crippen molar-refractivity contribution in [1.82, 2.24) is 15.1 Å². The highest BCUT2D eigenvalue weighted by molar-refractivity contribution is 7.99. The molecular formula is C20H29N3O2S. The Morgan fingerprint density at radius 2 is 1.96 bits per heavy atom. The van der Waals surface area contributed by atoms with Crippen LogP contribution in [0.15, 0.2) is 24.3 Å². The Morgan fingerprint density at radius 3 is 2.69 bits per heavy atom. The third-order valence-corrected chi connectivity index (χ3v) is 6.76. The highest BCUT2D eigenvalue weighted by atomic mass is 32.2. The van der Waals surface area contributed by atoms with Crippen molar-refractivity contribution in [3.8, 4) is 0 Å². The van der Waals surface area contributed by atoms with Crippen molar-refractivity contribution in [2.75, 3.05) is 39.0 Å². The molecule has 0 aromatic heterocycles. The van der Waals surface area contributed by atoms with Crippen LogP contribution in [0.25, 0.3) is 0 Å². The van der Waals surface area contributed by atoms with Gasteiger partial charge in [0.2, 0.25) is 11.8 Å². The van der Waals surface area contributed by atoms with Crippen LogP contribution in [0.5, 0.6) is 0 Å². The fraction of sp³-hybridized carbons (Fsp3) is 0.600. The lowest BCUT2D eigenvalue weighted by Gasteiger charge is -2.44. The topological polar surface area (TPSA) is 52.7 Å². The summed E-state index contributed by atoms with van der Waals surface area (Å²) in [4.78, 5) is 29.3. The van der Waals surface area contributed by atoms with Gasteiger partial charge in [0.1, 0.15) is 5.54 Å². The van der Waals surface area contributed by atoms with E-state index in [9.17, 15) is 9.59 Å². The molecule has 0 atom stereocenters. The molecule has 2 heterocycles. The van der Waals surface area contributed by atoms with E-state index < -0.39 is 5.54 Å². The van der Waals surface area contributed by atoms with Gasteiger partial charge in [0.25, 0.3) is 0 Å². The Balaban J connectivity index is 1.50. The summed E-state index contributed by atoms with van der Waals surface area (Å²) in [5, 5.41) is 3.05. The molecule has 2 aliphatic rings. The minimum atomic E-state index is -0.429. The molecule has 2 amide bonds. The van der Waals surface area contributed by atoms with E-state index in [2.05, 4.69) is 29.3 Å². The van der Waals surface area contributed by atoms with Crippen LogP contribution in [0.2, 0.25) is 0 Å². The van der Waals surface area contributed by atoms with Crippen LogP contribution in [0.4, 0.5) is 0 Å². The molecule has 2 aliphatic heterocycles. The van der Waals surface area contributed by atoms with E-state index in [1.54, 1.807) is 11.8 Å². The second-order valence-electron chi connectivity index (χ2n) is 7.36. The molecule has 0 aliphatic carbocycles. The molecule has 0 unspecified atom stereocenters. The molecule has 1 aromatic carbocycles. The molecule has 1 N–H and O–H groups in total. The second kappa shape index (κ2) is 8.44. The van der Waals surface area contributed by atoms with E-state index in [0.717, 1.165) is 38.1 Å². The lowest BCUT2D eigenvalue weighted by molar-refractivity contribution is -0.140. The summed E-state index contributed by atoms with van der Waals surface area (Å²) < 4.78 is 0. The zero-order chi connectivity index (χ0) is 18.6. The van der Waals surface area contributed by atoms with Crippen molar-refractivity contribution >= 4 is 23.6 Å². The summed E-state index contributed by atoms with van der Waals surface area (Å²) in [7, 11) is 2.04. The number of likely N-dealkylation sites (tertiary alicyclic amines) is 1. The second-order valence-corrected chi connectivity index (χ2v) is 8.35. The molecular weight excluding hydrogens is 346 g/mol. The summed E-state index contributed by atoms with van der Waals surface area (Å²) in [5.41, 5.74) is 2.14. The number of thioether (sulfide) groups is 1. The number of piperidine rings is 1. The van der Waals surface area contributed by atoms with Crippen LogP contribution < -0.4 is 5.32 Å². The fourth-order valence-electron chi connectivity index (χ4n) is 3.92. The van der Waals surface area contributed by atoms with Gasteiger partial charge in [-0.05, 0) is 44.4 Å². The molecule has 6 heteroatoms. The molecule has 26 heavy (non-hydrogen) atoms. The number of amides is 2. The first kappa shape index (κ1) is 19.2. The Kier molecular flexibility index (Phi) is 6.24. The maximum atomic E-state index is 12.6. The summed E-state index contributed by atoms with van der Waals surface area (Å²) in [6.07, 6.45) is 2.44. The predicted molar refractivity (Wildman–Crippen MR) is 106 cm³/mol. The molecule has 3 rings (SSSR count). The van der Waals surface area contributed by atoms with Gasteiger partial charge in [0.15, 0.2) is 0 Å². The summed E-state index contributed by atoms with van der Waals surface area (Å²) in [5.74, 6) is 1.69. The van der Waals surface area contributed by atoms with E-state index in [1.165, 1.54) is 11.1 Å². The lowest BCUT2D eigenvalue weighted by atomic mass is 9.85. The summed E-state index contributed by atoms with van der Waals surface area (Å²) in [6, 6.07) is 8.32. The van der Waals surface area contributed by atoms with Gasteiger partial charge >= 0.3 is 0 Å². The predicted octanol–water partition coefficient (Wildman–Crippen LogP) is 2.04. The van der Waals surface area contributed by atoms with Gasteiger partial charge in [0.05, 0.1) is 5.75 Å². The number of benzene rings is 1. The molecule has 0 radical (unpaired) electrons.